The normalized spacial score (nSPS) is 34.9. The highest BCUT2D eigenvalue weighted by Gasteiger charge is 2.25. The molecule has 9 heavy (non-hydrogen) atoms. The molecule has 0 heterocycles. The largest absolute Gasteiger partial charge is 0.393 e. The molecule has 0 spiro atoms. The Morgan fingerprint density at radius 1 is 1.56 bits per heavy atom. The lowest BCUT2D eigenvalue weighted by atomic mass is 10.0. The zero-order valence-corrected chi connectivity index (χ0v) is 5.63. The summed E-state index contributed by atoms with van der Waals surface area (Å²) in [6.45, 7) is 1.60. The van der Waals surface area contributed by atoms with Crippen molar-refractivity contribution in [3.8, 4) is 0 Å². The number of carbonyl (C=O) groups excluding carboxylic acids is 1. The number of Topliss-reactive ketones (excluding diaryl/α,β-unsaturated/α-hetero) is 1. The minimum atomic E-state index is -0.209. The third-order valence-electron chi connectivity index (χ3n) is 1.98. The molecule has 0 aromatic rings. The third kappa shape index (κ3) is 1.52. The fourth-order valence-corrected chi connectivity index (χ4v) is 1.33. The number of aliphatic hydroxyl groups excluding tert-OH is 1. The first-order chi connectivity index (χ1) is 4.20. The lowest BCUT2D eigenvalue weighted by molar-refractivity contribution is -0.120. The van der Waals surface area contributed by atoms with E-state index in [1.807, 2.05) is 0 Å². The van der Waals surface area contributed by atoms with E-state index >= 15 is 0 Å². The van der Waals surface area contributed by atoms with E-state index in [0.29, 0.717) is 6.42 Å². The van der Waals surface area contributed by atoms with Crippen molar-refractivity contribution in [2.45, 2.75) is 32.3 Å². The lowest BCUT2D eigenvalue weighted by Gasteiger charge is -2.01. The van der Waals surface area contributed by atoms with Gasteiger partial charge in [0.1, 0.15) is 5.78 Å². The van der Waals surface area contributed by atoms with Crippen LogP contribution in [0, 0.1) is 5.92 Å². The Hall–Kier alpha value is -0.370. The molecule has 2 heteroatoms. The predicted molar refractivity (Wildman–Crippen MR) is 34.0 cm³/mol. The van der Waals surface area contributed by atoms with Gasteiger partial charge < -0.3 is 5.11 Å². The van der Waals surface area contributed by atoms with Crippen LogP contribution in [0.25, 0.3) is 0 Å². The summed E-state index contributed by atoms with van der Waals surface area (Å²) in [5, 5.41) is 9.00. The molecule has 0 aromatic heterocycles. The molecule has 1 fully saturated rings. The van der Waals surface area contributed by atoms with Gasteiger partial charge >= 0.3 is 0 Å². The Balaban J connectivity index is 2.39. The molecule has 1 aliphatic rings. The molecule has 0 aromatic carbocycles. The van der Waals surface area contributed by atoms with Gasteiger partial charge in [-0.15, -0.1) is 0 Å². The van der Waals surface area contributed by atoms with Crippen LogP contribution in [0.15, 0.2) is 0 Å². The van der Waals surface area contributed by atoms with Crippen molar-refractivity contribution in [3.63, 3.8) is 0 Å². The smallest absolute Gasteiger partial charge is 0.133 e. The van der Waals surface area contributed by atoms with E-state index in [-0.39, 0.29) is 17.8 Å². The molecule has 0 amide bonds. The van der Waals surface area contributed by atoms with Crippen molar-refractivity contribution >= 4 is 5.78 Å². The summed E-state index contributed by atoms with van der Waals surface area (Å²) in [5.41, 5.74) is 0. The zero-order chi connectivity index (χ0) is 6.85. The molecule has 52 valence electrons. The van der Waals surface area contributed by atoms with E-state index in [0.717, 1.165) is 12.8 Å². The average molecular weight is 128 g/mol. The summed E-state index contributed by atoms with van der Waals surface area (Å²) in [6.07, 6.45) is 2.18. The highest BCUT2D eigenvalue weighted by atomic mass is 16.3. The van der Waals surface area contributed by atoms with Gasteiger partial charge in [0.15, 0.2) is 0 Å². The van der Waals surface area contributed by atoms with E-state index in [2.05, 4.69) is 0 Å². The van der Waals surface area contributed by atoms with Crippen LogP contribution in [0.1, 0.15) is 26.2 Å². The monoisotopic (exact) mass is 128 g/mol. The van der Waals surface area contributed by atoms with Gasteiger partial charge in [0, 0.05) is 5.92 Å². The summed E-state index contributed by atoms with van der Waals surface area (Å²) in [4.78, 5) is 10.7. The minimum Gasteiger partial charge on any atom is -0.393 e. The summed E-state index contributed by atoms with van der Waals surface area (Å²) < 4.78 is 0. The highest BCUT2D eigenvalue weighted by molar-refractivity contribution is 5.78. The first-order valence-electron chi connectivity index (χ1n) is 3.38. The molecule has 2 nitrogen and oxygen atoms in total. The second-order valence-electron chi connectivity index (χ2n) is 2.77. The van der Waals surface area contributed by atoms with Gasteiger partial charge in [0.25, 0.3) is 0 Å². The van der Waals surface area contributed by atoms with Crippen molar-refractivity contribution in [2.75, 3.05) is 0 Å². The van der Waals surface area contributed by atoms with Crippen molar-refractivity contribution in [3.05, 3.63) is 0 Å². The molecule has 0 radical (unpaired) electrons. The quantitative estimate of drug-likeness (QED) is 0.565. The lowest BCUT2D eigenvalue weighted by Crippen LogP contribution is -2.07. The van der Waals surface area contributed by atoms with Crippen molar-refractivity contribution in [2.24, 2.45) is 5.92 Å². The standard InChI is InChI=1S/C7H12O2/c1-5(8)6-2-3-7(9)4-6/h6-7,9H,2-4H2,1H3/t6-,7+/m1/s1. The van der Waals surface area contributed by atoms with Crippen LogP contribution in [0.3, 0.4) is 0 Å². The molecule has 0 unspecified atom stereocenters. The van der Waals surface area contributed by atoms with Crippen LogP contribution in [0.4, 0.5) is 0 Å². The highest BCUT2D eigenvalue weighted by Crippen LogP contribution is 2.25. The SMILES string of the molecule is CC(=O)[C@@H]1CC[C@H](O)C1. The van der Waals surface area contributed by atoms with Gasteiger partial charge in [0.05, 0.1) is 6.10 Å². The van der Waals surface area contributed by atoms with E-state index in [1.54, 1.807) is 6.92 Å². The summed E-state index contributed by atoms with van der Waals surface area (Å²) >= 11 is 0. The predicted octanol–water partition coefficient (Wildman–Crippen LogP) is 0.736. The van der Waals surface area contributed by atoms with E-state index < -0.39 is 0 Å². The van der Waals surface area contributed by atoms with Gasteiger partial charge in [-0.25, -0.2) is 0 Å². The first-order valence-corrected chi connectivity index (χ1v) is 3.38. The Morgan fingerprint density at radius 2 is 2.22 bits per heavy atom. The maximum atomic E-state index is 10.7. The molecule has 1 rings (SSSR count). The van der Waals surface area contributed by atoms with Crippen molar-refractivity contribution in [1.82, 2.24) is 0 Å². The number of hydrogen-bond acceptors (Lipinski definition) is 2. The maximum Gasteiger partial charge on any atom is 0.133 e. The summed E-state index contributed by atoms with van der Waals surface area (Å²) in [5.74, 6) is 0.381. The van der Waals surface area contributed by atoms with Crippen LogP contribution < -0.4 is 0 Å². The van der Waals surface area contributed by atoms with E-state index in [9.17, 15) is 4.79 Å². The number of rotatable bonds is 1. The molecule has 1 N–H and O–H groups in total. The molecule has 0 bridgehead atoms. The summed E-state index contributed by atoms with van der Waals surface area (Å²) in [7, 11) is 0. The van der Waals surface area contributed by atoms with E-state index in [1.165, 1.54) is 0 Å². The number of carbonyl (C=O) groups is 1. The Bertz CT molecular complexity index is 120. The Morgan fingerprint density at radius 3 is 2.44 bits per heavy atom. The van der Waals surface area contributed by atoms with Crippen LogP contribution in [-0.4, -0.2) is 17.0 Å². The Labute approximate surface area is 54.9 Å². The van der Waals surface area contributed by atoms with Gasteiger partial charge in [0.2, 0.25) is 0 Å². The minimum absolute atomic E-state index is 0.153. The molecule has 1 aliphatic carbocycles. The van der Waals surface area contributed by atoms with E-state index in [4.69, 9.17) is 5.11 Å². The molecule has 1 saturated carbocycles. The second kappa shape index (κ2) is 2.48. The molecule has 0 aliphatic heterocycles. The number of hydrogen-bond donors (Lipinski definition) is 1. The van der Waals surface area contributed by atoms with Crippen LogP contribution >= 0.6 is 0 Å². The van der Waals surface area contributed by atoms with Crippen molar-refractivity contribution < 1.29 is 9.90 Å². The number of ketones is 1. The fourth-order valence-electron chi connectivity index (χ4n) is 1.33. The van der Waals surface area contributed by atoms with Crippen LogP contribution in [0.2, 0.25) is 0 Å². The average Bonchev–Trinajstić information content (AvgIpc) is 2.14. The number of aliphatic hydroxyl groups is 1. The first kappa shape index (κ1) is 6.75. The molecular weight excluding hydrogens is 116 g/mol. The van der Waals surface area contributed by atoms with Crippen molar-refractivity contribution in [1.29, 1.82) is 0 Å². The summed E-state index contributed by atoms with van der Waals surface area (Å²) in [6, 6.07) is 0. The van der Waals surface area contributed by atoms with Gasteiger partial charge in [-0.2, -0.15) is 0 Å². The van der Waals surface area contributed by atoms with Crippen LogP contribution in [-0.2, 0) is 4.79 Å². The maximum absolute atomic E-state index is 10.7. The third-order valence-corrected chi connectivity index (χ3v) is 1.98. The zero-order valence-electron chi connectivity index (χ0n) is 5.63. The molecular formula is C7H12O2. The molecule has 2 atom stereocenters. The van der Waals surface area contributed by atoms with Gasteiger partial charge in [-0.3, -0.25) is 4.79 Å². The fraction of sp³-hybridized carbons (Fsp3) is 0.857. The Kier molecular flexibility index (Phi) is 1.86. The second-order valence-corrected chi connectivity index (χ2v) is 2.77. The molecule has 0 saturated heterocycles. The van der Waals surface area contributed by atoms with Gasteiger partial charge in [-0.05, 0) is 26.2 Å². The topological polar surface area (TPSA) is 37.3 Å². The van der Waals surface area contributed by atoms with Gasteiger partial charge in [-0.1, -0.05) is 0 Å². The van der Waals surface area contributed by atoms with Crippen LogP contribution in [0.5, 0.6) is 0 Å².